The molecule has 0 atom stereocenters. The summed E-state index contributed by atoms with van der Waals surface area (Å²) in [6.07, 6.45) is 2.96. The number of nitrogens with zero attached hydrogens (tertiary/aromatic N) is 1. The van der Waals surface area contributed by atoms with Gasteiger partial charge in [-0.3, -0.25) is 0 Å². The fourth-order valence-electron chi connectivity index (χ4n) is 3.08. The minimum atomic E-state index is -0.398. The van der Waals surface area contributed by atoms with Crippen LogP contribution in [0.25, 0.3) is 6.08 Å². The highest BCUT2D eigenvalue weighted by Crippen LogP contribution is 2.28. The molecule has 0 unspecified atom stereocenters. The Labute approximate surface area is 128 Å². The van der Waals surface area contributed by atoms with Crippen LogP contribution >= 0.6 is 0 Å². The zero-order valence-corrected chi connectivity index (χ0v) is 13.2. The van der Waals surface area contributed by atoms with E-state index in [9.17, 15) is 0 Å². The molecule has 0 aliphatic carbocycles. The summed E-state index contributed by atoms with van der Waals surface area (Å²) in [6.45, 7) is 7.43. The zero-order valence-electron chi connectivity index (χ0n) is 13.2. The van der Waals surface area contributed by atoms with Crippen LogP contribution in [0.1, 0.15) is 5.56 Å². The van der Waals surface area contributed by atoms with Crippen molar-refractivity contribution in [3.8, 4) is 0 Å². The third-order valence-electron chi connectivity index (χ3n) is 3.93. The van der Waals surface area contributed by atoms with Gasteiger partial charge < -0.3 is 4.81 Å². The van der Waals surface area contributed by atoms with Crippen LogP contribution in [0.5, 0.6) is 0 Å². The lowest BCUT2D eigenvalue weighted by Crippen LogP contribution is -2.54. The van der Waals surface area contributed by atoms with Gasteiger partial charge in [-0.15, -0.1) is 6.44 Å². The number of fused-ring (bicyclic) bond motifs is 1. The Kier molecular flexibility index (Phi) is 3.67. The molecule has 21 heavy (non-hydrogen) atoms. The topological polar surface area (TPSA) is 3.24 Å². The molecule has 0 aromatic heterocycles. The van der Waals surface area contributed by atoms with Gasteiger partial charge in [-0.05, 0) is 11.6 Å². The van der Waals surface area contributed by atoms with Crippen LogP contribution in [0.15, 0.2) is 60.6 Å². The summed E-state index contributed by atoms with van der Waals surface area (Å²) in [4.78, 5) is 2.56. The molecule has 1 aliphatic heterocycles. The molecule has 3 heteroatoms. The summed E-state index contributed by atoms with van der Waals surface area (Å²) in [6, 6.07) is 19.5. The third-order valence-corrected chi connectivity index (χ3v) is 3.93. The highest BCUT2D eigenvalue weighted by Gasteiger charge is 2.28. The minimum absolute atomic E-state index is 0.335. The van der Waals surface area contributed by atoms with Crippen LogP contribution in [0.2, 0.25) is 20.5 Å². The first-order valence-electron chi connectivity index (χ1n) is 7.92. The van der Waals surface area contributed by atoms with Gasteiger partial charge in [0.05, 0.1) is 0 Å². The van der Waals surface area contributed by atoms with Crippen LogP contribution in [0.3, 0.4) is 0 Å². The first-order chi connectivity index (χ1) is 10.0. The van der Waals surface area contributed by atoms with E-state index in [0.29, 0.717) is 6.85 Å². The van der Waals surface area contributed by atoms with Crippen LogP contribution < -0.4 is 10.3 Å². The molecule has 1 aliphatic rings. The van der Waals surface area contributed by atoms with Gasteiger partial charge in [-0.2, -0.15) is 20.5 Å². The van der Waals surface area contributed by atoms with Gasteiger partial charge in [0.25, 0.3) is 0 Å². The van der Waals surface area contributed by atoms with Gasteiger partial charge in [0.15, 0.2) is 0 Å². The quantitative estimate of drug-likeness (QED) is 0.769. The molecule has 0 saturated heterocycles. The Morgan fingerprint density at radius 2 is 1.57 bits per heavy atom. The van der Waals surface area contributed by atoms with E-state index in [0.717, 1.165) is 6.44 Å². The predicted octanol–water partition coefficient (Wildman–Crippen LogP) is 3.84. The average Bonchev–Trinajstić information content (AvgIpc) is 2.47. The van der Waals surface area contributed by atoms with Crippen LogP contribution in [0.4, 0.5) is 5.69 Å². The Balaban J connectivity index is 2.04. The van der Waals surface area contributed by atoms with E-state index in [1.54, 1.807) is 0 Å². The molecule has 1 heterocycles. The molecule has 3 rings (SSSR count). The Hall–Kier alpha value is -1.89. The van der Waals surface area contributed by atoms with E-state index in [1.165, 1.54) is 16.7 Å². The number of hydrogen-bond acceptors (Lipinski definition) is 1. The fraction of sp³-hybridized carbons (Fsp3) is 0.222. The van der Waals surface area contributed by atoms with Gasteiger partial charge >= 0.3 is 6.85 Å². The highest BCUT2D eigenvalue weighted by molar-refractivity contribution is 6.85. The van der Waals surface area contributed by atoms with Gasteiger partial charge in [-0.1, -0.05) is 66.0 Å². The maximum atomic E-state index is 2.56. The Morgan fingerprint density at radius 1 is 0.905 bits per heavy atom. The molecule has 0 N–H and O–H groups in total. The second-order valence-electron chi connectivity index (χ2n) is 7.38. The lowest BCUT2D eigenvalue weighted by molar-refractivity contribution is 1.19. The second-order valence-corrected chi connectivity index (χ2v) is 7.38. The molecular weight excluding hydrogens is 252 g/mol. The number of rotatable bonds is 3. The first kappa shape index (κ1) is 14.1. The zero-order chi connectivity index (χ0) is 14.9. The van der Waals surface area contributed by atoms with E-state index in [1.807, 2.05) is 0 Å². The first-order valence-corrected chi connectivity index (χ1v) is 7.92. The van der Waals surface area contributed by atoms with Gasteiger partial charge in [0, 0.05) is 11.8 Å². The van der Waals surface area contributed by atoms with Crippen molar-refractivity contribution < 1.29 is 0 Å². The molecule has 0 spiro atoms. The second kappa shape index (κ2) is 5.48. The van der Waals surface area contributed by atoms with Crippen molar-refractivity contribution in [3.05, 3.63) is 66.1 Å². The van der Waals surface area contributed by atoms with E-state index >= 15 is 0 Å². The van der Waals surface area contributed by atoms with Crippen LogP contribution in [-0.4, -0.2) is 19.4 Å². The summed E-state index contributed by atoms with van der Waals surface area (Å²) in [7, 11) is 0. The summed E-state index contributed by atoms with van der Waals surface area (Å²) in [5.74, 6) is 2.33. The Morgan fingerprint density at radius 3 is 2.29 bits per heavy atom. The van der Waals surface area contributed by atoms with Crippen molar-refractivity contribution >= 4 is 30.2 Å². The lowest BCUT2D eigenvalue weighted by Gasteiger charge is -2.42. The molecule has 0 radical (unpaired) electrons. The summed E-state index contributed by atoms with van der Waals surface area (Å²) >= 11 is 0. The van der Waals surface area contributed by atoms with Crippen molar-refractivity contribution in [1.82, 2.24) is 0 Å². The number of anilines is 1. The molecule has 0 saturated carbocycles. The summed E-state index contributed by atoms with van der Waals surface area (Å²) < 4.78 is 0. The largest absolute Gasteiger partial charge is 0.441 e. The Bertz CT molecular complexity index is 644. The molecule has 106 valence electrons. The predicted molar refractivity (Wildman–Crippen MR) is 98.0 cm³/mol. The standard InChI is InChI=1S/C18H22B2N/c1-20(2,3)15-21-18-12-8-7-9-16(18)13-14-19(21)17-10-5-4-6-11-17/h4-14H,15H2,1-3H3/q-1. The van der Waals surface area contributed by atoms with Crippen molar-refractivity contribution in [2.45, 2.75) is 20.5 Å². The maximum Gasteiger partial charge on any atom is 0.313 e. The van der Waals surface area contributed by atoms with Crippen LogP contribution in [0, 0.1) is 0 Å². The maximum absolute atomic E-state index is 2.56. The van der Waals surface area contributed by atoms with Crippen LogP contribution in [-0.2, 0) is 0 Å². The molecule has 1 nitrogen and oxygen atoms in total. The molecule has 2 aromatic rings. The normalized spacial score (nSPS) is 14.2. The van der Waals surface area contributed by atoms with Crippen molar-refractivity contribution in [1.29, 1.82) is 0 Å². The number of para-hydroxylation sites is 1. The highest BCUT2D eigenvalue weighted by atomic mass is 15.1. The van der Waals surface area contributed by atoms with Crippen molar-refractivity contribution in [3.63, 3.8) is 0 Å². The molecule has 0 fully saturated rings. The van der Waals surface area contributed by atoms with Crippen molar-refractivity contribution in [2.24, 2.45) is 0 Å². The average molecular weight is 274 g/mol. The van der Waals surface area contributed by atoms with Gasteiger partial charge in [-0.25, -0.2) is 0 Å². The third kappa shape index (κ3) is 3.07. The van der Waals surface area contributed by atoms with E-state index in [2.05, 4.69) is 91.9 Å². The van der Waals surface area contributed by atoms with E-state index < -0.39 is 6.15 Å². The SMILES string of the molecule is C[B-](C)(C)CN1B(c2ccccc2)C=Cc2ccccc21. The number of hydrogen-bond donors (Lipinski definition) is 0. The van der Waals surface area contributed by atoms with Gasteiger partial charge in [0.2, 0.25) is 0 Å². The van der Waals surface area contributed by atoms with E-state index in [4.69, 9.17) is 0 Å². The molecule has 0 bridgehead atoms. The molecule has 0 amide bonds. The minimum Gasteiger partial charge on any atom is -0.441 e. The van der Waals surface area contributed by atoms with Crippen molar-refractivity contribution in [2.75, 3.05) is 11.3 Å². The fourth-order valence-corrected chi connectivity index (χ4v) is 3.08. The molecular formula is C18H22B2N-. The van der Waals surface area contributed by atoms with Gasteiger partial charge in [0.1, 0.15) is 0 Å². The monoisotopic (exact) mass is 274 g/mol. The summed E-state index contributed by atoms with van der Waals surface area (Å²) in [5, 5.41) is 0. The smallest absolute Gasteiger partial charge is 0.313 e. The lowest BCUT2D eigenvalue weighted by atomic mass is 9.29. The summed E-state index contributed by atoms with van der Waals surface area (Å²) in [5.41, 5.74) is 4.04. The number of benzene rings is 2. The molecule has 2 aromatic carbocycles. The van der Waals surface area contributed by atoms with E-state index in [-0.39, 0.29) is 0 Å².